The van der Waals surface area contributed by atoms with Gasteiger partial charge in [-0.2, -0.15) is 0 Å². The van der Waals surface area contributed by atoms with E-state index in [1.807, 2.05) is 18.2 Å². The van der Waals surface area contributed by atoms with Crippen LogP contribution in [0.2, 0.25) is 5.02 Å². The average Bonchev–Trinajstić information content (AvgIpc) is 3.28. The zero-order valence-corrected chi connectivity index (χ0v) is 12.8. The minimum absolute atomic E-state index is 0.0965. The van der Waals surface area contributed by atoms with Crippen molar-refractivity contribution in [1.82, 2.24) is 10.6 Å². The smallest absolute Gasteiger partial charge is 0.314 e. The van der Waals surface area contributed by atoms with Gasteiger partial charge in [0.2, 0.25) is 0 Å². The molecule has 21 heavy (non-hydrogen) atoms. The maximum Gasteiger partial charge on any atom is 0.314 e. The van der Waals surface area contributed by atoms with Crippen LogP contribution in [0.4, 0.5) is 4.79 Å². The number of carbonyl (C=O) groups excluding carboxylic acids is 1. The summed E-state index contributed by atoms with van der Waals surface area (Å²) in [6, 6.07) is 7.14. The Morgan fingerprint density at radius 3 is 2.71 bits per heavy atom. The number of urea groups is 1. The van der Waals surface area contributed by atoms with E-state index in [2.05, 4.69) is 10.6 Å². The number of amides is 2. The zero-order chi connectivity index (χ0) is 15.3. The number of aliphatic hydroxyl groups is 1. The molecular weight excluding hydrogens is 292 g/mol. The first-order chi connectivity index (χ1) is 10.1. The Labute approximate surface area is 129 Å². The number of rotatable bonds is 7. The molecule has 0 heterocycles. The summed E-state index contributed by atoms with van der Waals surface area (Å²) in [5, 5.41) is 15.4. The molecule has 0 saturated heterocycles. The molecule has 3 N–H and O–H groups in total. The van der Waals surface area contributed by atoms with Gasteiger partial charge in [0, 0.05) is 36.2 Å². The largest absolute Gasteiger partial charge is 0.396 e. The molecular formula is C15H21ClN2O3. The molecule has 0 bridgehead atoms. The van der Waals surface area contributed by atoms with Gasteiger partial charge in [0.1, 0.15) is 6.10 Å². The minimum Gasteiger partial charge on any atom is -0.396 e. The summed E-state index contributed by atoms with van der Waals surface area (Å²) in [6.07, 6.45) is 1.63. The predicted octanol–water partition coefficient (Wildman–Crippen LogP) is 2.10. The number of nitrogens with one attached hydrogen (secondary N) is 2. The van der Waals surface area contributed by atoms with Crippen molar-refractivity contribution in [2.24, 2.45) is 5.41 Å². The molecule has 1 aliphatic carbocycles. The van der Waals surface area contributed by atoms with Crippen LogP contribution in [-0.2, 0) is 4.74 Å². The van der Waals surface area contributed by atoms with Crippen LogP contribution in [0.25, 0.3) is 0 Å². The average molecular weight is 313 g/mol. The molecule has 0 spiro atoms. The van der Waals surface area contributed by atoms with Gasteiger partial charge in [-0.15, -0.1) is 0 Å². The molecule has 1 aromatic rings. The van der Waals surface area contributed by atoms with Gasteiger partial charge in [0.25, 0.3) is 0 Å². The first-order valence-corrected chi connectivity index (χ1v) is 7.38. The Hall–Kier alpha value is -1.30. The fraction of sp³-hybridized carbons (Fsp3) is 0.533. The Bertz CT molecular complexity index is 492. The van der Waals surface area contributed by atoms with Gasteiger partial charge in [-0.3, -0.25) is 0 Å². The fourth-order valence-electron chi connectivity index (χ4n) is 2.14. The summed E-state index contributed by atoms with van der Waals surface area (Å²) < 4.78 is 5.38. The number of halogens is 1. The summed E-state index contributed by atoms with van der Waals surface area (Å²) in [5.41, 5.74) is 0.747. The normalized spacial score (nSPS) is 17.1. The van der Waals surface area contributed by atoms with Crippen LogP contribution in [0.3, 0.4) is 0 Å². The molecule has 116 valence electrons. The van der Waals surface area contributed by atoms with Crippen molar-refractivity contribution in [2.45, 2.75) is 18.9 Å². The van der Waals surface area contributed by atoms with E-state index in [4.69, 9.17) is 16.3 Å². The van der Waals surface area contributed by atoms with E-state index in [9.17, 15) is 9.90 Å². The highest BCUT2D eigenvalue weighted by molar-refractivity contribution is 6.31. The summed E-state index contributed by atoms with van der Waals surface area (Å²) in [6.45, 7) is 0.949. The lowest BCUT2D eigenvalue weighted by molar-refractivity contribution is 0.104. The lowest BCUT2D eigenvalue weighted by atomic mass is 10.1. The maximum absolute atomic E-state index is 11.8. The molecule has 6 heteroatoms. The molecule has 5 nitrogen and oxygen atoms in total. The zero-order valence-electron chi connectivity index (χ0n) is 12.1. The van der Waals surface area contributed by atoms with Gasteiger partial charge < -0.3 is 20.5 Å². The summed E-state index contributed by atoms with van der Waals surface area (Å²) in [7, 11) is 1.58. The van der Waals surface area contributed by atoms with Crippen LogP contribution in [0.1, 0.15) is 24.5 Å². The van der Waals surface area contributed by atoms with Crippen molar-refractivity contribution in [1.29, 1.82) is 0 Å². The van der Waals surface area contributed by atoms with E-state index in [1.54, 1.807) is 13.2 Å². The van der Waals surface area contributed by atoms with Gasteiger partial charge >= 0.3 is 6.03 Å². The number of aliphatic hydroxyl groups excluding tert-OH is 1. The minimum atomic E-state index is -0.294. The molecule has 1 atom stereocenters. The lowest BCUT2D eigenvalue weighted by Crippen LogP contribution is -2.41. The first-order valence-electron chi connectivity index (χ1n) is 7.00. The number of hydrogen-bond donors (Lipinski definition) is 3. The molecule has 0 aliphatic heterocycles. The summed E-state index contributed by atoms with van der Waals surface area (Å²) in [5.74, 6) is 0. The number of ether oxygens (including phenoxy) is 1. The maximum atomic E-state index is 11.8. The quantitative estimate of drug-likeness (QED) is 0.722. The molecule has 1 aliphatic rings. The highest BCUT2D eigenvalue weighted by Gasteiger charge is 2.42. The van der Waals surface area contributed by atoms with E-state index in [1.165, 1.54) is 0 Å². The van der Waals surface area contributed by atoms with Crippen LogP contribution in [-0.4, -0.2) is 37.9 Å². The third kappa shape index (κ3) is 4.33. The third-order valence-electron chi connectivity index (χ3n) is 3.90. The Kier molecular flexibility index (Phi) is 5.45. The highest BCUT2D eigenvalue weighted by Crippen LogP contribution is 2.44. The second-order valence-corrected chi connectivity index (χ2v) is 5.87. The predicted molar refractivity (Wildman–Crippen MR) is 81.4 cm³/mol. The van der Waals surface area contributed by atoms with E-state index in [0.29, 0.717) is 18.1 Å². The molecule has 1 fully saturated rings. The SMILES string of the molecule is COC(CNC(=O)NCC1(CO)CC1)c1ccccc1Cl. The standard InChI is InChI=1S/C15H21ClN2O3/c1-21-13(11-4-2-3-5-12(11)16)8-17-14(20)18-9-15(10-19)6-7-15/h2-5,13,19H,6-10H2,1H3,(H2,17,18,20). The molecule has 2 amide bonds. The number of hydrogen-bond acceptors (Lipinski definition) is 3. The van der Waals surface area contributed by atoms with Gasteiger partial charge in [0.05, 0.1) is 6.61 Å². The van der Waals surface area contributed by atoms with Crippen molar-refractivity contribution >= 4 is 17.6 Å². The van der Waals surface area contributed by atoms with E-state index in [0.717, 1.165) is 18.4 Å². The van der Waals surface area contributed by atoms with Crippen LogP contribution < -0.4 is 10.6 Å². The van der Waals surface area contributed by atoms with Gasteiger partial charge in [0.15, 0.2) is 0 Å². The van der Waals surface area contributed by atoms with Crippen LogP contribution in [0, 0.1) is 5.41 Å². The molecule has 0 aromatic heterocycles. The first kappa shape index (κ1) is 16.1. The van der Waals surface area contributed by atoms with Crippen LogP contribution in [0.15, 0.2) is 24.3 Å². The summed E-state index contributed by atoms with van der Waals surface area (Å²) in [4.78, 5) is 11.8. The molecule has 0 radical (unpaired) electrons. The Balaban J connectivity index is 1.80. The fourth-order valence-corrected chi connectivity index (χ4v) is 2.40. The van der Waals surface area contributed by atoms with E-state index < -0.39 is 0 Å². The van der Waals surface area contributed by atoms with Crippen LogP contribution in [0.5, 0.6) is 0 Å². The molecule has 1 aromatic carbocycles. The van der Waals surface area contributed by atoms with Crippen molar-refractivity contribution in [2.75, 3.05) is 26.8 Å². The highest BCUT2D eigenvalue weighted by atomic mass is 35.5. The molecule has 1 unspecified atom stereocenters. The topological polar surface area (TPSA) is 70.6 Å². The van der Waals surface area contributed by atoms with Crippen molar-refractivity contribution in [3.63, 3.8) is 0 Å². The third-order valence-corrected chi connectivity index (χ3v) is 4.25. The van der Waals surface area contributed by atoms with Gasteiger partial charge in [-0.25, -0.2) is 4.79 Å². The number of carbonyl (C=O) groups is 1. The number of benzene rings is 1. The van der Waals surface area contributed by atoms with Crippen molar-refractivity contribution in [3.8, 4) is 0 Å². The van der Waals surface area contributed by atoms with Gasteiger partial charge in [-0.1, -0.05) is 29.8 Å². The van der Waals surface area contributed by atoms with Crippen LogP contribution >= 0.6 is 11.6 Å². The number of methoxy groups -OCH3 is 1. The van der Waals surface area contributed by atoms with E-state index >= 15 is 0 Å². The lowest BCUT2D eigenvalue weighted by Gasteiger charge is -2.19. The van der Waals surface area contributed by atoms with Gasteiger partial charge in [-0.05, 0) is 18.9 Å². The van der Waals surface area contributed by atoms with Crippen molar-refractivity contribution in [3.05, 3.63) is 34.9 Å². The summed E-state index contributed by atoms with van der Waals surface area (Å²) >= 11 is 6.13. The Morgan fingerprint density at radius 1 is 1.43 bits per heavy atom. The Morgan fingerprint density at radius 2 is 2.14 bits per heavy atom. The second-order valence-electron chi connectivity index (χ2n) is 5.47. The molecule has 2 rings (SSSR count). The monoisotopic (exact) mass is 312 g/mol. The van der Waals surface area contributed by atoms with Crippen molar-refractivity contribution < 1.29 is 14.6 Å². The van der Waals surface area contributed by atoms with E-state index in [-0.39, 0.29) is 24.2 Å². The second kappa shape index (κ2) is 7.11. The molecule has 1 saturated carbocycles.